The van der Waals surface area contributed by atoms with Gasteiger partial charge in [-0.25, -0.2) is 0 Å². The minimum atomic E-state index is -0.352. The maximum atomic E-state index is 10.9. The first-order valence-corrected chi connectivity index (χ1v) is 3.60. The van der Waals surface area contributed by atoms with Gasteiger partial charge in [0.1, 0.15) is 0 Å². The summed E-state index contributed by atoms with van der Waals surface area (Å²) in [6.07, 6.45) is 0.939. The van der Waals surface area contributed by atoms with Gasteiger partial charge in [0.25, 0.3) is 0 Å². The van der Waals surface area contributed by atoms with E-state index in [0.29, 0.717) is 0 Å². The van der Waals surface area contributed by atoms with Gasteiger partial charge in [0, 0.05) is 7.05 Å². The minimum absolute atomic E-state index is 0.0747. The molecule has 10 heavy (non-hydrogen) atoms. The summed E-state index contributed by atoms with van der Waals surface area (Å²) >= 11 is 0. The largest absolute Gasteiger partial charge is 0.358 e. The van der Waals surface area contributed by atoms with E-state index in [1.807, 2.05) is 13.8 Å². The molecule has 1 amide bonds. The quantitative estimate of drug-likeness (QED) is 0.590. The van der Waals surface area contributed by atoms with Crippen LogP contribution in [0.3, 0.4) is 0 Å². The van der Waals surface area contributed by atoms with Gasteiger partial charge in [0.15, 0.2) is 0 Å². The van der Waals surface area contributed by atoms with Crippen LogP contribution in [0, 0.1) is 5.92 Å². The molecule has 60 valence electrons. The smallest absolute Gasteiger partial charge is 0.236 e. The number of carbonyl (C=O) groups excluding carboxylic acids is 1. The van der Waals surface area contributed by atoms with Gasteiger partial charge in [-0.1, -0.05) is 20.3 Å². The molecule has 3 N–H and O–H groups in total. The van der Waals surface area contributed by atoms with Crippen LogP contribution in [0.25, 0.3) is 0 Å². The van der Waals surface area contributed by atoms with E-state index in [-0.39, 0.29) is 17.9 Å². The fourth-order valence-corrected chi connectivity index (χ4v) is 0.679. The maximum absolute atomic E-state index is 10.9. The molecule has 0 saturated carbocycles. The number of rotatable bonds is 3. The number of nitrogens with one attached hydrogen (secondary N) is 1. The summed E-state index contributed by atoms with van der Waals surface area (Å²) in [5.41, 5.74) is 5.57. The summed E-state index contributed by atoms with van der Waals surface area (Å²) in [4.78, 5) is 10.9. The van der Waals surface area contributed by atoms with Crippen LogP contribution >= 0.6 is 0 Å². The fraction of sp³-hybridized carbons (Fsp3) is 0.857. The summed E-state index contributed by atoms with van der Waals surface area (Å²) in [7, 11) is 1.60. The molecule has 3 nitrogen and oxygen atoms in total. The van der Waals surface area contributed by atoms with Crippen molar-refractivity contribution in [3.8, 4) is 0 Å². The predicted octanol–water partition coefficient (Wildman–Crippen LogP) is 0.106. The molecule has 0 aromatic carbocycles. The second kappa shape index (κ2) is 4.28. The van der Waals surface area contributed by atoms with E-state index >= 15 is 0 Å². The zero-order chi connectivity index (χ0) is 8.15. The number of carbonyl (C=O) groups is 1. The highest BCUT2D eigenvalue weighted by molar-refractivity contribution is 5.81. The molecule has 0 aromatic heterocycles. The summed E-state index contributed by atoms with van der Waals surface area (Å²) in [6, 6.07) is -0.352. The van der Waals surface area contributed by atoms with Crippen molar-refractivity contribution in [2.75, 3.05) is 7.05 Å². The van der Waals surface area contributed by atoms with Crippen molar-refractivity contribution >= 4 is 5.91 Å². The number of hydrogen-bond acceptors (Lipinski definition) is 2. The minimum Gasteiger partial charge on any atom is -0.358 e. The standard InChI is InChI=1S/C7H16N2O/c1-4-5(2)6(8)7(10)9-3/h5-6H,4,8H2,1-3H3,(H,9,10)/t5?,6-/m0/s1. The van der Waals surface area contributed by atoms with E-state index < -0.39 is 0 Å². The molecule has 0 heterocycles. The van der Waals surface area contributed by atoms with E-state index in [1.165, 1.54) is 0 Å². The monoisotopic (exact) mass is 144 g/mol. The van der Waals surface area contributed by atoms with E-state index in [9.17, 15) is 4.79 Å². The van der Waals surface area contributed by atoms with Crippen molar-refractivity contribution in [3.05, 3.63) is 0 Å². The van der Waals surface area contributed by atoms with E-state index in [1.54, 1.807) is 7.05 Å². The lowest BCUT2D eigenvalue weighted by molar-refractivity contribution is -0.122. The van der Waals surface area contributed by atoms with Gasteiger partial charge in [-0.2, -0.15) is 0 Å². The molecular weight excluding hydrogens is 128 g/mol. The molecule has 1 unspecified atom stereocenters. The molecule has 0 aromatic rings. The first kappa shape index (κ1) is 9.43. The molecule has 0 aliphatic heterocycles. The highest BCUT2D eigenvalue weighted by Gasteiger charge is 2.17. The molecule has 3 heteroatoms. The lowest BCUT2D eigenvalue weighted by Crippen LogP contribution is -2.43. The average molecular weight is 144 g/mol. The Hall–Kier alpha value is -0.570. The Bertz CT molecular complexity index is 114. The van der Waals surface area contributed by atoms with Crippen LogP contribution in [0.2, 0.25) is 0 Å². The molecule has 0 radical (unpaired) electrons. The van der Waals surface area contributed by atoms with E-state index in [2.05, 4.69) is 5.32 Å². The molecule has 2 atom stereocenters. The molecule has 0 fully saturated rings. The normalized spacial score (nSPS) is 16.0. The van der Waals surface area contributed by atoms with Gasteiger partial charge in [-0.05, 0) is 5.92 Å². The third-order valence-corrected chi connectivity index (χ3v) is 1.81. The van der Waals surface area contributed by atoms with E-state index in [4.69, 9.17) is 5.73 Å². The van der Waals surface area contributed by atoms with Gasteiger partial charge in [-0.15, -0.1) is 0 Å². The zero-order valence-electron chi connectivity index (χ0n) is 6.85. The number of nitrogens with two attached hydrogens (primary N) is 1. The summed E-state index contributed by atoms with van der Waals surface area (Å²) < 4.78 is 0. The molecule has 0 rings (SSSR count). The SMILES string of the molecule is CCC(C)[C@H](N)C(=O)NC. The number of hydrogen-bond donors (Lipinski definition) is 2. The third kappa shape index (κ3) is 2.35. The third-order valence-electron chi connectivity index (χ3n) is 1.81. The lowest BCUT2D eigenvalue weighted by atomic mass is 10.00. The van der Waals surface area contributed by atoms with Crippen LogP contribution in [0.15, 0.2) is 0 Å². The molecule has 0 aliphatic rings. The Morgan fingerprint density at radius 1 is 1.70 bits per heavy atom. The number of likely N-dealkylation sites (N-methyl/N-ethyl adjacent to an activating group) is 1. The Kier molecular flexibility index (Phi) is 4.03. The van der Waals surface area contributed by atoms with Crippen molar-refractivity contribution in [1.29, 1.82) is 0 Å². The van der Waals surface area contributed by atoms with Gasteiger partial charge in [0.2, 0.25) is 5.91 Å². The molecule has 0 spiro atoms. The fourth-order valence-electron chi connectivity index (χ4n) is 0.679. The predicted molar refractivity (Wildman–Crippen MR) is 41.5 cm³/mol. The molecular formula is C7H16N2O. The molecule has 0 bridgehead atoms. The summed E-state index contributed by atoms with van der Waals surface area (Å²) in [5, 5.41) is 2.52. The van der Waals surface area contributed by atoms with Gasteiger partial charge in [-0.3, -0.25) is 4.79 Å². The van der Waals surface area contributed by atoms with Crippen molar-refractivity contribution in [3.63, 3.8) is 0 Å². The van der Waals surface area contributed by atoms with Crippen molar-refractivity contribution < 1.29 is 4.79 Å². The lowest BCUT2D eigenvalue weighted by Gasteiger charge is -2.15. The topological polar surface area (TPSA) is 55.1 Å². The molecule has 0 saturated heterocycles. The summed E-state index contributed by atoms with van der Waals surface area (Å²) in [5.74, 6) is 0.189. The first-order chi connectivity index (χ1) is 4.63. The second-order valence-corrected chi connectivity index (χ2v) is 2.53. The van der Waals surface area contributed by atoms with Crippen molar-refractivity contribution in [2.45, 2.75) is 26.3 Å². The molecule has 0 aliphatic carbocycles. The van der Waals surface area contributed by atoms with Crippen LogP contribution in [0.1, 0.15) is 20.3 Å². The first-order valence-electron chi connectivity index (χ1n) is 3.60. The van der Waals surface area contributed by atoms with Crippen LogP contribution in [0.4, 0.5) is 0 Å². The van der Waals surface area contributed by atoms with Crippen LogP contribution in [-0.2, 0) is 4.79 Å². The average Bonchev–Trinajstić information content (AvgIpc) is 2.00. The Morgan fingerprint density at radius 2 is 2.20 bits per heavy atom. The van der Waals surface area contributed by atoms with Gasteiger partial charge < -0.3 is 11.1 Å². The van der Waals surface area contributed by atoms with Crippen molar-refractivity contribution in [1.82, 2.24) is 5.32 Å². The van der Waals surface area contributed by atoms with Gasteiger partial charge >= 0.3 is 0 Å². The number of amides is 1. The maximum Gasteiger partial charge on any atom is 0.236 e. The van der Waals surface area contributed by atoms with Crippen LogP contribution in [-0.4, -0.2) is 19.0 Å². The van der Waals surface area contributed by atoms with Gasteiger partial charge in [0.05, 0.1) is 6.04 Å². The highest BCUT2D eigenvalue weighted by Crippen LogP contribution is 2.04. The van der Waals surface area contributed by atoms with Crippen LogP contribution < -0.4 is 11.1 Å². The highest BCUT2D eigenvalue weighted by atomic mass is 16.2. The van der Waals surface area contributed by atoms with Crippen molar-refractivity contribution in [2.24, 2.45) is 11.7 Å². The Morgan fingerprint density at radius 3 is 2.50 bits per heavy atom. The Labute approximate surface area is 62.0 Å². The van der Waals surface area contributed by atoms with E-state index in [0.717, 1.165) is 6.42 Å². The summed E-state index contributed by atoms with van der Waals surface area (Å²) in [6.45, 7) is 3.99. The Balaban J connectivity index is 3.81. The second-order valence-electron chi connectivity index (χ2n) is 2.53. The zero-order valence-corrected chi connectivity index (χ0v) is 6.85. The van der Waals surface area contributed by atoms with Crippen LogP contribution in [0.5, 0.6) is 0 Å².